The number of carbonyl (C=O) groups excluding carboxylic acids is 2. The number of benzene rings is 2. The first-order valence-corrected chi connectivity index (χ1v) is 11.4. The summed E-state index contributed by atoms with van der Waals surface area (Å²) in [7, 11) is 1.58. The fraction of sp³-hybridized carbons (Fsp3) is 0.240. The summed E-state index contributed by atoms with van der Waals surface area (Å²) in [6.45, 7) is 4.76. The number of amides is 2. The molecular formula is C25H26N4O2S. The van der Waals surface area contributed by atoms with Crippen molar-refractivity contribution in [1.82, 2.24) is 20.8 Å². The maximum atomic E-state index is 12.8. The molecule has 0 bridgehead atoms. The number of aryl methyl sites for hydroxylation is 1. The minimum absolute atomic E-state index is 0.0384. The first-order chi connectivity index (χ1) is 15.5. The van der Waals surface area contributed by atoms with Gasteiger partial charge in [0.2, 0.25) is 0 Å². The topological polar surface area (TPSA) is 86.9 Å². The Labute approximate surface area is 191 Å². The van der Waals surface area contributed by atoms with Gasteiger partial charge in [0.1, 0.15) is 0 Å². The van der Waals surface area contributed by atoms with Crippen LogP contribution in [0.1, 0.15) is 50.5 Å². The Bertz CT molecular complexity index is 1260. The van der Waals surface area contributed by atoms with Gasteiger partial charge in [-0.05, 0) is 54.2 Å². The molecule has 0 radical (unpaired) electrons. The Balaban J connectivity index is 1.45. The zero-order valence-corrected chi connectivity index (χ0v) is 19.2. The van der Waals surface area contributed by atoms with Crippen molar-refractivity contribution in [2.75, 3.05) is 13.6 Å². The second-order valence-corrected chi connectivity index (χ2v) is 8.94. The Morgan fingerprint density at radius 1 is 1.09 bits per heavy atom. The van der Waals surface area contributed by atoms with Crippen molar-refractivity contribution in [2.24, 2.45) is 0 Å². The van der Waals surface area contributed by atoms with E-state index in [9.17, 15) is 9.59 Å². The number of aromatic nitrogens is 2. The van der Waals surface area contributed by atoms with E-state index in [2.05, 4.69) is 39.9 Å². The molecule has 4 aromatic rings. The van der Waals surface area contributed by atoms with E-state index in [0.29, 0.717) is 18.2 Å². The quantitative estimate of drug-likeness (QED) is 0.378. The lowest BCUT2D eigenvalue weighted by molar-refractivity contribution is 0.0949. The van der Waals surface area contributed by atoms with Crippen molar-refractivity contribution in [3.05, 3.63) is 76.3 Å². The molecule has 164 valence electrons. The van der Waals surface area contributed by atoms with Gasteiger partial charge in [-0.2, -0.15) is 5.10 Å². The molecule has 0 spiro atoms. The SMILES string of the molecule is CNC(=O)c1n[nH]c2cc(-c3cc(C)c(C(=O)NCCC(C)c4ccccc4)s3)ccc12. The molecule has 0 aliphatic heterocycles. The highest BCUT2D eigenvalue weighted by molar-refractivity contribution is 7.17. The average molecular weight is 447 g/mol. The zero-order valence-electron chi connectivity index (χ0n) is 18.4. The predicted octanol–water partition coefficient (Wildman–Crippen LogP) is 4.88. The van der Waals surface area contributed by atoms with Gasteiger partial charge in [0.25, 0.3) is 11.8 Å². The summed E-state index contributed by atoms with van der Waals surface area (Å²) in [4.78, 5) is 26.5. The largest absolute Gasteiger partial charge is 0.354 e. The minimum atomic E-state index is -0.225. The van der Waals surface area contributed by atoms with Crippen LogP contribution in [0.4, 0.5) is 0 Å². The maximum Gasteiger partial charge on any atom is 0.272 e. The van der Waals surface area contributed by atoms with E-state index in [4.69, 9.17) is 0 Å². The first kappa shape index (κ1) is 21.8. The van der Waals surface area contributed by atoms with Crippen molar-refractivity contribution in [2.45, 2.75) is 26.2 Å². The Morgan fingerprint density at radius 3 is 2.62 bits per heavy atom. The molecule has 6 nitrogen and oxygen atoms in total. The molecule has 0 aliphatic rings. The summed E-state index contributed by atoms with van der Waals surface area (Å²) >= 11 is 1.48. The lowest BCUT2D eigenvalue weighted by Gasteiger charge is -2.12. The molecule has 2 aromatic carbocycles. The van der Waals surface area contributed by atoms with E-state index in [0.717, 1.165) is 38.2 Å². The molecule has 0 aliphatic carbocycles. The van der Waals surface area contributed by atoms with Crippen LogP contribution < -0.4 is 10.6 Å². The van der Waals surface area contributed by atoms with Crippen molar-refractivity contribution in [3.63, 3.8) is 0 Å². The van der Waals surface area contributed by atoms with E-state index < -0.39 is 0 Å². The lowest BCUT2D eigenvalue weighted by Crippen LogP contribution is -2.25. The summed E-state index contributed by atoms with van der Waals surface area (Å²) in [5.41, 5.74) is 4.38. The van der Waals surface area contributed by atoms with Crippen molar-refractivity contribution >= 4 is 34.1 Å². The monoisotopic (exact) mass is 446 g/mol. The van der Waals surface area contributed by atoms with Gasteiger partial charge in [-0.15, -0.1) is 11.3 Å². The number of carbonyl (C=O) groups is 2. The maximum absolute atomic E-state index is 12.8. The Morgan fingerprint density at radius 2 is 1.88 bits per heavy atom. The second-order valence-electron chi connectivity index (χ2n) is 7.89. The third-order valence-corrected chi connectivity index (χ3v) is 6.93. The number of H-pyrrole nitrogens is 1. The van der Waals surface area contributed by atoms with Gasteiger partial charge in [-0.3, -0.25) is 14.7 Å². The summed E-state index contributed by atoms with van der Waals surface area (Å²) < 4.78 is 0. The third kappa shape index (κ3) is 4.43. The molecule has 2 amide bonds. The van der Waals surface area contributed by atoms with Crippen LogP contribution in [0.5, 0.6) is 0 Å². The van der Waals surface area contributed by atoms with Crippen LogP contribution in [0.2, 0.25) is 0 Å². The van der Waals surface area contributed by atoms with Gasteiger partial charge < -0.3 is 10.6 Å². The van der Waals surface area contributed by atoms with Crippen LogP contribution in [0.3, 0.4) is 0 Å². The van der Waals surface area contributed by atoms with Crippen LogP contribution >= 0.6 is 11.3 Å². The summed E-state index contributed by atoms with van der Waals surface area (Å²) in [6, 6.07) is 18.2. The molecule has 1 atom stereocenters. The number of thiophene rings is 1. The normalized spacial score (nSPS) is 12.0. The van der Waals surface area contributed by atoms with Gasteiger partial charge in [-0.25, -0.2) is 0 Å². The molecule has 0 saturated heterocycles. The molecule has 4 rings (SSSR count). The summed E-state index contributed by atoms with van der Waals surface area (Å²) in [5, 5.41) is 13.5. The molecule has 0 fully saturated rings. The van der Waals surface area contributed by atoms with Gasteiger partial charge >= 0.3 is 0 Å². The van der Waals surface area contributed by atoms with E-state index in [1.54, 1.807) is 7.05 Å². The van der Waals surface area contributed by atoms with Crippen LogP contribution in [0.25, 0.3) is 21.3 Å². The van der Waals surface area contributed by atoms with Gasteiger partial charge in [0, 0.05) is 23.9 Å². The van der Waals surface area contributed by atoms with Crippen molar-refractivity contribution in [1.29, 1.82) is 0 Å². The lowest BCUT2D eigenvalue weighted by atomic mass is 9.98. The third-order valence-electron chi connectivity index (χ3n) is 5.65. The van der Waals surface area contributed by atoms with Crippen LogP contribution in [-0.2, 0) is 0 Å². The highest BCUT2D eigenvalue weighted by Gasteiger charge is 2.17. The van der Waals surface area contributed by atoms with Crippen molar-refractivity contribution in [3.8, 4) is 10.4 Å². The number of nitrogens with one attached hydrogen (secondary N) is 3. The fourth-order valence-corrected chi connectivity index (χ4v) is 4.83. The zero-order chi connectivity index (χ0) is 22.7. The van der Waals surface area contributed by atoms with Crippen LogP contribution in [0, 0.1) is 6.92 Å². The highest BCUT2D eigenvalue weighted by Crippen LogP contribution is 2.33. The Hall–Kier alpha value is -3.45. The predicted molar refractivity (Wildman–Crippen MR) is 129 cm³/mol. The second kappa shape index (κ2) is 9.36. The molecule has 0 saturated carbocycles. The van der Waals surface area contributed by atoms with E-state index >= 15 is 0 Å². The fourth-order valence-electron chi connectivity index (χ4n) is 3.74. The molecular weight excluding hydrogens is 420 g/mol. The standard InChI is InChI=1S/C25H26N4O2S/c1-15(17-7-5-4-6-8-17)11-12-27-25(31)23-16(2)13-21(32-23)18-9-10-19-20(14-18)28-29-22(19)24(30)26-3/h4-10,13-15H,11-12H2,1-3H3,(H,26,30)(H,27,31)(H,28,29). The minimum Gasteiger partial charge on any atom is -0.354 e. The number of hydrogen-bond donors (Lipinski definition) is 3. The van der Waals surface area contributed by atoms with Crippen molar-refractivity contribution < 1.29 is 9.59 Å². The molecule has 2 heterocycles. The van der Waals surface area contributed by atoms with E-state index in [1.165, 1.54) is 16.9 Å². The number of hydrogen-bond acceptors (Lipinski definition) is 4. The van der Waals surface area contributed by atoms with Gasteiger partial charge in [0.05, 0.1) is 10.4 Å². The number of nitrogens with zero attached hydrogens (tertiary/aromatic N) is 1. The van der Waals surface area contributed by atoms with Gasteiger partial charge in [-0.1, -0.05) is 43.3 Å². The van der Waals surface area contributed by atoms with Gasteiger partial charge in [0.15, 0.2) is 5.69 Å². The number of rotatable bonds is 7. The first-order valence-electron chi connectivity index (χ1n) is 10.6. The van der Waals surface area contributed by atoms with E-state index in [-0.39, 0.29) is 11.8 Å². The summed E-state index contributed by atoms with van der Waals surface area (Å²) in [5.74, 6) is 0.123. The Kier molecular flexibility index (Phi) is 6.37. The molecule has 7 heteroatoms. The molecule has 1 unspecified atom stereocenters. The van der Waals surface area contributed by atoms with Crippen LogP contribution in [-0.4, -0.2) is 35.6 Å². The molecule has 2 aromatic heterocycles. The molecule has 3 N–H and O–H groups in total. The number of fused-ring (bicyclic) bond motifs is 1. The summed E-state index contributed by atoms with van der Waals surface area (Å²) in [6.07, 6.45) is 0.886. The number of aromatic amines is 1. The average Bonchev–Trinajstić information content (AvgIpc) is 3.42. The highest BCUT2D eigenvalue weighted by atomic mass is 32.1. The smallest absolute Gasteiger partial charge is 0.272 e. The van der Waals surface area contributed by atoms with Crippen LogP contribution in [0.15, 0.2) is 54.6 Å². The van der Waals surface area contributed by atoms with E-state index in [1.807, 2.05) is 49.4 Å². The molecule has 32 heavy (non-hydrogen) atoms.